The molecule has 0 aliphatic rings. The Balaban J connectivity index is 0.904. The van der Waals surface area contributed by atoms with Gasteiger partial charge in [-0.15, -0.1) is 0 Å². The molecule has 10 nitrogen and oxygen atoms in total. The number of phenolic OH excluding ortho intramolecular Hbond substituents is 1. The van der Waals surface area contributed by atoms with Crippen LogP contribution >= 0.6 is 0 Å². The zero-order chi connectivity index (χ0) is 34.1. The van der Waals surface area contributed by atoms with E-state index in [2.05, 4.69) is 20.8 Å². The number of ether oxygens (including phenoxy) is 1. The highest BCUT2D eigenvalue weighted by atomic mass is 16.5. The first-order valence-electron chi connectivity index (χ1n) is 16.4. The summed E-state index contributed by atoms with van der Waals surface area (Å²) in [5, 5.41) is 44.2. The maximum Gasteiger partial charge on any atom is 0.248 e. The van der Waals surface area contributed by atoms with Crippen molar-refractivity contribution in [1.29, 1.82) is 0 Å². The van der Waals surface area contributed by atoms with Gasteiger partial charge in [0.25, 0.3) is 0 Å². The lowest BCUT2D eigenvalue weighted by atomic mass is 9.83. The van der Waals surface area contributed by atoms with Gasteiger partial charge < -0.3 is 40.2 Å². The topological polar surface area (TPSA) is 153 Å². The molecule has 0 fully saturated rings. The van der Waals surface area contributed by atoms with E-state index in [0.717, 1.165) is 24.2 Å². The molecule has 0 saturated heterocycles. The van der Waals surface area contributed by atoms with Crippen LogP contribution in [0.2, 0.25) is 0 Å². The molecule has 1 unspecified atom stereocenters. The molecule has 0 saturated carbocycles. The SMILES string of the molecule is O=c1ccc2c(C(O)CNCCc3ccc(OCCCNCc4cc(C(O)(c5ccccc5)c5ccccc5)no4)cc3)ccc(O)c2[nH]1. The average Bonchev–Trinajstić information content (AvgIpc) is 3.62. The number of fused-ring (bicyclic) bond motifs is 1. The molecule has 0 radical (unpaired) electrons. The molecular weight excluding hydrogens is 620 g/mol. The molecule has 0 bridgehead atoms. The number of aliphatic hydroxyl groups excluding tert-OH is 1. The maximum atomic E-state index is 11.9. The number of aromatic amines is 1. The minimum atomic E-state index is -1.43. The van der Waals surface area contributed by atoms with Crippen LogP contribution in [-0.4, -0.2) is 51.7 Å². The number of pyridine rings is 1. The number of phenols is 1. The van der Waals surface area contributed by atoms with Crippen LogP contribution in [0, 0.1) is 0 Å². The maximum absolute atomic E-state index is 11.9. The van der Waals surface area contributed by atoms with E-state index < -0.39 is 11.7 Å². The Kier molecular flexibility index (Phi) is 10.8. The summed E-state index contributed by atoms with van der Waals surface area (Å²) < 4.78 is 11.5. The molecule has 0 aliphatic carbocycles. The Labute approximate surface area is 284 Å². The number of nitrogens with one attached hydrogen (secondary N) is 3. The molecule has 6 rings (SSSR count). The highest BCUT2D eigenvalue weighted by molar-refractivity contribution is 5.87. The Morgan fingerprint density at radius 3 is 2.29 bits per heavy atom. The molecular formula is C39H40N4O6. The monoisotopic (exact) mass is 660 g/mol. The van der Waals surface area contributed by atoms with Crippen LogP contribution in [0.5, 0.6) is 11.5 Å². The Bertz CT molecular complexity index is 1950. The fourth-order valence-electron chi connectivity index (χ4n) is 5.87. The van der Waals surface area contributed by atoms with Gasteiger partial charge in [0.1, 0.15) is 17.2 Å². The van der Waals surface area contributed by atoms with Crippen molar-refractivity contribution in [3.8, 4) is 11.5 Å². The molecule has 6 N–H and O–H groups in total. The van der Waals surface area contributed by atoms with Gasteiger partial charge in [0, 0.05) is 24.1 Å². The van der Waals surface area contributed by atoms with Crippen LogP contribution in [0.3, 0.4) is 0 Å². The molecule has 10 heteroatoms. The van der Waals surface area contributed by atoms with Crippen LogP contribution in [0.1, 0.15) is 46.2 Å². The van der Waals surface area contributed by atoms with Gasteiger partial charge in [0.05, 0.1) is 24.8 Å². The highest BCUT2D eigenvalue weighted by Crippen LogP contribution is 2.36. The minimum Gasteiger partial charge on any atom is -0.506 e. The quantitative estimate of drug-likeness (QED) is 0.0794. The second-order valence-electron chi connectivity index (χ2n) is 11.9. The number of hydrogen-bond acceptors (Lipinski definition) is 9. The van der Waals surface area contributed by atoms with Crippen LogP contribution in [0.25, 0.3) is 10.9 Å². The molecule has 2 heterocycles. The lowest BCUT2D eigenvalue weighted by Crippen LogP contribution is -2.29. The van der Waals surface area contributed by atoms with Crippen molar-refractivity contribution in [3.63, 3.8) is 0 Å². The third kappa shape index (κ3) is 8.07. The summed E-state index contributed by atoms with van der Waals surface area (Å²) in [5.74, 6) is 1.40. The van der Waals surface area contributed by atoms with Gasteiger partial charge in [-0.25, -0.2) is 0 Å². The number of aliphatic hydroxyl groups is 2. The standard InChI is InChI=1S/C39H40N4O6/c44-34-18-16-32(33-17-19-37(46)42-38(33)34)35(45)26-41-22-20-27-12-14-30(15-13-27)48-23-7-21-40-25-31-24-36(43-49-31)39(47,28-8-3-1-4-9-28)29-10-5-2-6-11-29/h1-6,8-19,24,35,40-41,44-45,47H,7,20-23,25-26H2,(H,42,46). The van der Waals surface area contributed by atoms with Crippen LogP contribution in [-0.2, 0) is 18.6 Å². The first kappa shape index (κ1) is 33.6. The highest BCUT2D eigenvalue weighted by Gasteiger charge is 2.37. The van der Waals surface area contributed by atoms with E-state index in [-0.39, 0.29) is 11.3 Å². The summed E-state index contributed by atoms with van der Waals surface area (Å²) in [4.78, 5) is 14.3. The molecule has 2 aromatic heterocycles. The van der Waals surface area contributed by atoms with Crippen molar-refractivity contribution in [2.75, 3.05) is 26.2 Å². The van der Waals surface area contributed by atoms with Crippen molar-refractivity contribution in [1.82, 2.24) is 20.8 Å². The molecule has 1 atom stereocenters. The fraction of sp³-hybridized carbons (Fsp3) is 0.231. The third-order valence-corrected chi connectivity index (χ3v) is 8.50. The molecule has 6 aromatic rings. The molecule has 4 aromatic carbocycles. The van der Waals surface area contributed by atoms with Gasteiger partial charge >= 0.3 is 0 Å². The van der Waals surface area contributed by atoms with Crippen LogP contribution in [0.4, 0.5) is 0 Å². The number of nitrogens with zero attached hydrogens (tertiary/aromatic N) is 1. The van der Waals surface area contributed by atoms with Crippen molar-refractivity contribution < 1.29 is 24.6 Å². The molecule has 0 spiro atoms. The van der Waals surface area contributed by atoms with Gasteiger partial charge in [-0.1, -0.05) is 84.0 Å². The van der Waals surface area contributed by atoms with Crippen LogP contribution < -0.4 is 20.9 Å². The van der Waals surface area contributed by atoms with Crippen molar-refractivity contribution in [2.24, 2.45) is 0 Å². The summed E-state index contributed by atoms with van der Waals surface area (Å²) in [7, 11) is 0. The average molecular weight is 661 g/mol. The van der Waals surface area contributed by atoms with Crippen molar-refractivity contribution in [3.05, 3.63) is 159 Å². The Morgan fingerprint density at radius 2 is 1.57 bits per heavy atom. The van der Waals surface area contributed by atoms with Crippen molar-refractivity contribution in [2.45, 2.75) is 31.1 Å². The Hall–Kier alpha value is -5.26. The lowest BCUT2D eigenvalue weighted by molar-refractivity contribution is 0.116. The predicted octanol–water partition coefficient (Wildman–Crippen LogP) is 4.93. The summed E-state index contributed by atoms with van der Waals surface area (Å²) in [6.45, 7) is 2.73. The molecule has 0 amide bonds. The van der Waals surface area contributed by atoms with E-state index in [0.29, 0.717) is 71.8 Å². The summed E-state index contributed by atoms with van der Waals surface area (Å²) in [5.41, 5.74) is 2.22. The van der Waals surface area contributed by atoms with Gasteiger partial charge in [-0.3, -0.25) is 4.79 Å². The van der Waals surface area contributed by atoms with E-state index >= 15 is 0 Å². The molecule has 0 aliphatic heterocycles. The second kappa shape index (κ2) is 15.8. The lowest BCUT2D eigenvalue weighted by Gasteiger charge is -2.27. The summed E-state index contributed by atoms with van der Waals surface area (Å²) in [6.07, 6.45) is 0.768. The van der Waals surface area contributed by atoms with E-state index in [1.165, 1.54) is 12.1 Å². The smallest absolute Gasteiger partial charge is 0.248 e. The van der Waals surface area contributed by atoms with Gasteiger partial charge in [0.15, 0.2) is 11.4 Å². The zero-order valence-corrected chi connectivity index (χ0v) is 27.0. The summed E-state index contributed by atoms with van der Waals surface area (Å²) in [6, 6.07) is 34.8. The number of benzene rings is 4. The first-order valence-corrected chi connectivity index (χ1v) is 16.4. The van der Waals surface area contributed by atoms with E-state index in [1.807, 2.05) is 84.9 Å². The largest absolute Gasteiger partial charge is 0.506 e. The number of hydrogen-bond donors (Lipinski definition) is 6. The van der Waals surface area contributed by atoms with E-state index in [4.69, 9.17) is 9.26 Å². The van der Waals surface area contributed by atoms with E-state index in [1.54, 1.807) is 18.2 Å². The number of H-pyrrole nitrogens is 1. The number of rotatable bonds is 16. The number of aromatic hydroxyl groups is 1. The van der Waals surface area contributed by atoms with Gasteiger partial charge in [-0.05, 0) is 72.5 Å². The normalized spacial score (nSPS) is 12.3. The predicted molar refractivity (Wildman–Crippen MR) is 188 cm³/mol. The van der Waals surface area contributed by atoms with Crippen molar-refractivity contribution >= 4 is 10.9 Å². The minimum absolute atomic E-state index is 0.0309. The third-order valence-electron chi connectivity index (χ3n) is 8.50. The number of aromatic nitrogens is 2. The van der Waals surface area contributed by atoms with Gasteiger partial charge in [0.2, 0.25) is 5.56 Å². The van der Waals surface area contributed by atoms with Crippen LogP contribution in [0.15, 0.2) is 125 Å². The Morgan fingerprint density at radius 1 is 0.857 bits per heavy atom. The zero-order valence-electron chi connectivity index (χ0n) is 27.0. The van der Waals surface area contributed by atoms with Gasteiger partial charge in [-0.2, -0.15) is 0 Å². The fourth-order valence-corrected chi connectivity index (χ4v) is 5.87. The second-order valence-corrected chi connectivity index (χ2v) is 11.9. The molecule has 252 valence electrons. The first-order chi connectivity index (χ1) is 23.9. The molecule has 49 heavy (non-hydrogen) atoms. The van der Waals surface area contributed by atoms with E-state index in [9.17, 15) is 20.1 Å². The summed E-state index contributed by atoms with van der Waals surface area (Å²) >= 11 is 0.